The molecular formula is C22H37N5O2S. The fraction of sp³-hybridized carbons (Fsp3) is 0.682. The van der Waals surface area contributed by atoms with Gasteiger partial charge in [0, 0.05) is 45.8 Å². The summed E-state index contributed by atoms with van der Waals surface area (Å²) in [7, 11) is 0.286. The smallest absolute Gasteiger partial charge is 0.243 e. The van der Waals surface area contributed by atoms with Gasteiger partial charge in [0.2, 0.25) is 10.0 Å². The van der Waals surface area contributed by atoms with Crippen LogP contribution in [-0.2, 0) is 16.6 Å². The Morgan fingerprint density at radius 2 is 1.77 bits per heavy atom. The zero-order valence-corrected chi connectivity index (χ0v) is 19.4. The van der Waals surface area contributed by atoms with Crippen LogP contribution in [0.5, 0.6) is 0 Å². The maximum atomic E-state index is 13.2. The third-order valence-corrected chi connectivity index (χ3v) is 8.49. The van der Waals surface area contributed by atoms with Gasteiger partial charge in [0.05, 0.1) is 4.90 Å². The van der Waals surface area contributed by atoms with E-state index in [9.17, 15) is 8.42 Å². The first-order valence-electron chi connectivity index (χ1n) is 11.2. The van der Waals surface area contributed by atoms with Crippen molar-refractivity contribution >= 4 is 16.0 Å². The van der Waals surface area contributed by atoms with Crippen LogP contribution in [0.15, 0.2) is 34.2 Å². The van der Waals surface area contributed by atoms with Gasteiger partial charge in [-0.3, -0.25) is 4.99 Å². The number of nitrogens with zero attached hydrogens (tertiary/aromatic N) is 3. The van der Waals surface area contributed by atoms with Gasteiger partial charge >= 0.3 is 0 Å². The van der Waals surface area contributed by atoms with E-state index >= 15 is 0 Å². The Bertz CT molecular complexity index is 811. The molecule has 0 amide bonds. The largest absolute Gasteiger partial charge is 0.354 e. The predicted molar refractivity (Wildman–Crippen MR) is 122 cm³/mol. The van der Waals surface area contributed by atoms with Gasteiger partial charge in [-0.15, -0.1) is 0 Å². The lowest BCUT2D eigenvalue weighted by Crippen LogP contribution is -2.47. The summed E-state index contributed by atoms with van der Waals surface area (Å²) in [5.41, 5.74) is 0.772. The van der Waals surface area contributed by atoms with Crippen molar-refractivity contribution in [1.29, 1.82) is 0 Å². The monoisotopic (exact) mass is 435 g/mol. The lowest BCUT2D eigenvalue weighted by molar-refractivity contribution is 0.222. The Balaban J connectivity index is 1.63. The molecule has 0 atom stereocenters. The highest BCUT2D eigenvalue weighted by Crippen LogP contribution is 2.26. The molecule has 0 radical (unpaired) electrons. The van der Waals surface area contributed by atoms with Crippen LogP contribution in [0, 0.1) is 5.92 Å². The van der Waals surface area contributed by atoms with Gasteiger partial charge in [-0.2, -0.15) is 4.31 Å². The number of aliphatic imine (C=N–C) groups is 1. The quantitative estimate of drug-likeness (QED) is 0.529. The van der Waals surface area contributed by atoms with E-state index in [0.717, 1.165) is 43.4 Å². The van der Waals surface area contributed by atoms with Crippen LogP contribution in [0.2, 0.25) is 0 Å². The van der Waals surface area contributed by atoms with Crippen molar-refractivity contribution in [2.75, 3.05) is 40.3 Å². The van der Waals surface area contributed by atoms with E-state index in [1.807, 2.05) is 19.2 Å². The molecule has 1 aliphatic heterocycles. The molecular weight excluding hydrogens is 398 g/mol. The normalized spacial score (nSPS) is 24.6. The summed E-state index contributed by atoms with van der Waals surface area (Å²) in [6, 6.07) is 7.72. The molecule has 168 valence electrons. The van der Waals surface area contributed by atoms with Gasteiger partial charge in [0.1, 0.15) is 0 Å². The van der Waals surface area contributed by atoms with E-state index in [1.165, 1.54) is 19.3 Å². The molecule has 1 aliphatic carbocycles. The maximum absolute atomic E-state index is 13.2. The van der Waals surface area contributed by atoms with Gasteiger partial charge in [-0.05, 0) is 50.3 Å². The van der Waals surface area contributed by atoms with Gasteiger partial charge in [0.25, 0.3) is 0 Å². The van der Waals surface area contributed by atoms with E-state index in [-0.39, 0.29) is 0 Å². The molecule has 0 unspecified atom stereocenters. The van der Waals surface area contributed by atoms with Crippen LogP contribution in [-0.4, -0.2) is 69.9 Å². The minimum absolute atomic E-state index is 0.390. The van der Waals surface area contributed by atoms with E-state index in [0.29, 0.717) is 30.6 Å². The van der Waals surface area contributed by atoms with Crippen LogP contribution in [0.1, 0.15) is 44.6 Å². The first-order valence-corrected chi connectivity index (χ1v) is 12.6. The molecule has 1 aromatic carbocycles. The second-order valence-corrected chi connectivity index (χ2v) is 10.4. The third-order valence-electron chi connectivity index (χ3n) is 6.49. The van der Waals surface area contributed by atoms with Crippen molar-refractivity contribution in [2.24, 2.45) is 10.9 Å². The summed E-state index contributed by atoms with van der Waals surface area (Å²) in [5, 5.41) is 6.85. The number of sulfonamides is 1. The topological polar surface area (TPSA) is 77.0 Å². The molecule has 8 heteroatoms. The minimum Gasteiger partial charge on any atom is -0.354 e. The SMILES string of the molecule is CCC1CCC(NC(=NC)NCc2ccccc2S(=O)(=O)N2CCN(C)CC2)CC1. The molecule has 2 fully saturated rings. The van der Waals surface area contributed by atoms with E-state index in [1.54, 1.807) is 23.5 Å². The fourth-order valence-corrected chi connectivity index (χ4v) is 6.00. The molecule has 0 aromatic heterocycles. The number of hydrogen-bond donors (Lipinski definition) is 2. The van der Waals surface area contributed by atoms with Crippen molar-refractivity contribution in [3.63, 3.8) is 0 Å². The zero-order chi connectivity index (χ0) is 21.6. The summed E-state index contributed by atoms with van der Waals surface area (Å²) in [6.45, 7) is 5.28. The first-order chi connectivity index (χ1) is 14.4. The molecule has 2 N–H and O–H groups in total. The number of piperazine rings is 1. The van der Waals surface area contributed by atoms with Crippen molar-refractivity contribution in [3.05, 3.63) is 29.8 Å². The Morgan fingerprint density at radius 1 is 1.10 bits per heavy atom. The molecule has 1 aromatic rings. The molecule has 0 bridgehead atoms. The van der Waals surface area contributed by atoms with Crippen molar-refractivity contribution in [1.82, 2.24) is 19.8 Å². The highest BCUT2D eigenvalue weighted by Gasteiger charge is 2.29. The van der Waals surface area contributed by atoms with Gasteiger partial charge in [-0.1, -0.05) is 31.5 Å². The Morgan fingerprint density at radius 3 is 2.40 bits per heavy atom. The number of rotatable bonds is 6. The molecule has 7 nitrogen and oxygen atoms in total. The van der Waals surface area contributed by atoms with E-state index < -0.39 is 10.0 Å². The van der Waals surface area contributed by atoms with Crippen LogP contribution in [0.3, 0.4) is 0 Å². The average Bonchev–Trinajstić information content (AvgIpc) is 2.77. The summed E-state index contributed by atoms with van der Waals surface area (Å²) >= 11 is 0. The van der Waals surface area contributed by atoms with Crippen LogP contribution in [0.25, 0.3) is 0 Å². The highest BCUT2D eigenvalue weighted by molar-refractivity contribution is 7.89. The average molecular weight is 436 g/mol. The summed E-state index contributed by atoms with van der Waals surface area (Å²) in [5.74, 6) is 1.59. The molecule has 0 spiro atoms. The molecule has 30 heavy (non-hydrogen) atoms. The van der Waals surface area contributed by atoms with Gasteiger partial charge < -0.3 is 15.5 Å². The van der Waals surface area contributed by atoms with Crippen molar-refractivity contribution in [3.8, 4) is 0 Å². The highest BCUT2D eigenvalue weighted by atomic mass is 32.2. The summed E-state index contributed by atoms with van der Waals surface area (Å²) in [6.07, 6.45) is 6.11. The Labute approximate surface area is 182 Å². The Hall–Kier alpha value is -1.64. The van der Waals surface area contributed by atoms with Crippen molar-refractivity contribution in [2.45, 2.75) is 56.5 Å². The second kappa shape index (κ2) is 10.6. The number of benzene rings is 1. The molecule has 2 aliphatic rings. The number of likely N-dealkylation sites (N-methyl/N-ethyl adjacent to an activating group) is 1. The standard InChI is InChI=1S/C22H37N5O2S/c1-4-18-9-11-20(12-10-18)25-22(23-2)24-17-19-7-5-6-8-21(19)30(28,29)27-15-13-26(3)14-16-27/h5-8,18,20H,4,9-17H2,1-3H3,(H2,23,24,25). The minimum atomic E-state index is -3.50. The Kier molecular flexibility index (Phi) is 8.13. The molecule has 1 saturated carbocycles. The second-order valence-electron chi connectivity index (χ2n) is 8.51. The molecule has 1 heterocycles. The van der Waals surface area contributed by atoms with E-state index in [4.69, 9.17) is 0 Å². The van der Waals surface area contributed by atoms with Gasteiger partial charge in [-0.25, -0.2) is 8.42 Å². The lowest BCUT2D eigenvalue weighted by Gasteiger charge is -2.32. The fourth-order valence-electron chi connectivity index (χ4n) is 4.35. The molecule has 1 saturated heterocycles. The van der Waals surface area contributed by atoms with Gasteiger partial charge in [0.15, 0.2) is 5.96 Å². The number of guanidine groups is 1. The molecule has 3 rings (SSSR count). The van der Waals surface area contributed by atoms with Crippen LogP contribution < -0.4 is 10.6 Å². The number of hydrogen-bond acceptors (Lipinski definition) is 4. The summed E-state index contributed by atoms with van der Waals surface area (Å²) in [4.78, 5) is 6.90. The lowest BCUT2D eigenvalue weighted by atomic mass is 9.84. The third kappa shape index (κ3) is 5.74. The predicted octanol–water partition coefficient (Wildman–Crippen LogP) is 2.26. The van der Waals surface area contributed by atoms with Crippen LogP contribution in [0.4, 0.5) is 0 Å². The van der Waals surface area contributed by atoms with Crippen molar-refractivity contribution < 1.29 is 8.42 Å². The van der Waals surface area contributed by atoms with Crippen LogP contribution >= 0.6 is 0 Å². The summed E-state index contributed by atoms with van der Waals surface area (Å²) < 4.78 is 28.1. The maximum Gasteiger partial charge on any atom is 0.243 e. The van der Waals surface area contributed by atoms with E-state index in [2.05, 4.69) is 27.4 Å². The zero-order valence-electron chi connectivity index (χ0n) is 18.6. The number of nitrogens with one attached hydrogen (secondary N) is 2. The first kappa shape index (κ1) is 23.0.